The first-order valence-corrected chi connectivity index (χ1v) is 6.98. The molecule has 9 heteroatoms. The maximum Gasteiger partial charge on any atom is 0.573 e. The number of benzene rings is 1. The van der Waals surface area contributed by atoms with Crippen LogP contribution in [-0.4, -0.2) is 14.8 Å². The summed E-state index contributed by atoms with van der Waals surface area (Å²) < 4.78 is 61.1. The van der Waals surface area contributed by atoms with Gasteiger partial charge in [0, 0.05) is 14.3 Å². The van der Waals surface area contributed by atoms with Crippen molar-refractivity contribution >= 4 is 42.3 Å². The Morgan fingerprint density at radius 3 is 2.25 bits per heavy atom. The van der Waals surface area contributed by atoms with Gasteiger partial charge in [-0.25, -0.2) is 8.42 Å². The molecule has 0 aromatic heterocycles. The lowest BCUT2D eigenvalue weighted by Crippen LogP contribution is -2.17. The molecule has 0 spiro atoms. The van der Waals surface area contributed by atoms with E-state index >= 15 is 0 Å². The topological polar surface area (TPSA) is 43.4 Å². The van der Waals surface area contributed by atoms with E-state index in [1.807, 2.05) is 0 Å². The Labute approximate surface area is 107 Å². The van der Waals surface area contributed by atoms with E-state index in [4.69, 9.17) is 10.7 Å². The Balaban J connectivity index is 3.10. The molecule has 0 unspecified atom stereocenters. The Hall–Kier alpha value is -0.220. The molecule has 16 heavy (non-hydrogen) atoms. The molecule has 0 bridgehead atoms. The number of hydrogen-bond acceptors (Lipinski definition) is 3. The highest BCUT2D eigenvalue weighted by Gasteiger charge is 2.31. The highest BCUT2D eigenvalue weighted by atomic mass is 127. The summed E-state index contributed by atoms with van der Waals surface area (Å²) in [5.74, 6) is -0.499. The Morgan fingerprint density at radius 1 is 1.31 bits per heavy atom. The second-order valence-electron chi connectivity index (χ2n) is 2.58. The highest BCUT2D eigenvalue weighted by molar-refractivity contribution is 14.1. The summed E-state index contributed by atoms with van der Waals surface area (Å²) in [5, 5.41) is 0. The fraction of sp³-hybridized carbons (Fsp3) is 0.143. The minimum atomic E-state index is -4.82. The van der Waals surface area contributed by atoms with Gasteiger partial charge in [-0.1, -0.05) is 0 Å². The first-order chi connectivity index (χ1) is 7.09. The molecule has 0 atom stereocenters. The molecule has 0 N–H and O–H groups in total. The average molecular weight is 387 g/mol. The third-order valence-corrected chi connectivity index (χ3v) is 4.04. The monoisotopic (exact) mass is 386 g/mol. The van der Waals surface area contributed by atoms with Crippen molar-refractivity contribution in [2.24, 2.45) is 0 Å². The standard InChI is InChI=1S/C7H3ClF3IO3S/c8-16(13,14)6-2-1-4(3-5(6)12)15-7(9,10)11/h1-3H. The maximum absolute atomic E-state index is 11.8. The van der Waals surface area contributed by atoms with Crippen molar-refractivity contribution in [2.75, 3.05) is 0 Å². The van der Waals surface area contributed by atoms with Gasteiger partial charge in [0.2, 0.25) is 0 Å². The molecule has 0 saturated carbocycles. The zero-order valence-electron chi connectivity index (χ0n) is 7.25. The van der Waals surface area contributed by atoms with Crippen LogP contribution in [0.25, 0.3) is 0 Å². The first kappa shape index (κ1) is 13.8. The quantitative estimate of drug-likeness (QED) is 0.579. The molecule has 1 aromatic carbocycles. The van der Waals surface area contributed by atoms with Crippen molar-refractivity contribution in [1.82, 2.24) is 0 Å². The normalized spacial score (nSPS) is 12.6. The minimum Gasteiger partial charge on any atom is -0.406 e. The lowest BCUT2D eigenvalue weighted by atomic mass is 10.3. The summed E-state index contributed by atoms with van der Waals surface area (Å²) in [6, 6.07) is 2.76. The molecule has 0 saturated heterocycles. The molecular weight excluding hydrogens is 383 g/mol. The van der Waals surface area contributed by atoms with E-state index in [1.54, 1.807) is 22.6 Å². The van der Waals surface area contributed by atoms with Gasteiger partial charge in [-0.15, -0.1) is 13.2 Å². The Morgan fingerprint density at radius 2 is 1.88 bits per heavy atom. The molecular formula is C7H3ClF3IO3S. The fourth-order valence-corrected chi connectivity index (χ4v) is 3.55. The third kappa shape index (κ3) is 3.98. The van der Waals surface area contributed by atoms with E-state index in [2.05, 4.69) is 4.74 Å². The molecule has 0 heterocycles. The van der Waals surface area contributed by atoms with Crippen molar-refractivity contribution < 1.29 is 26.3 Å². The molecule has 1 rings (SSSR count). The zero-order valence-corrected chi connectivity index (χ0v) is 11.0. The SMILES string of the molecule is O=S(=O)(Cl)c1ccc(OC(F)(F)F)cc1I. The number of halogens is 5. The summed E-state index contributed by atoms with van der Waals surface area (Å²) >= 11 is 1.55. The van der Waals surface area contributed by atoms with Crippen molar-refractivity contribution in [3.05, 3.63) is 21.8 Å². The fourth-order valence-electron chi connectivity index (χ4n) is 0.876. The lowest BCUT2D eigenvalue weighted by molar-refractivity contribution is -0.274. The minimum absolute atomic E-state index is 0.0503. The highest BCUT2D eigenvalue weighted by Crippen LogP contribution is 2.29. The van der Waals surface area contributed by atoms with Gasteiger partial charge in [0.05, 0.1) is 4.90 Å². The molecule has 3 nitrogen and oxygen atoms in total. The van der Waals surface area contributed by atoms with Crippen LogP contribution in [0.15, 0.2) is 23.1 Å². The van der Waals surface area contributed by atoms with Gasteiger partial charge in [-0.2, -0.15) is 0 Å². The van der Waals surface area contributed by atoms with Gasteiger partial charge in [-0.3, -0.25) is 0 Å². The van der Waals surface area contributed by atoms with E-state index in [0.717, 1.165) is 18.2 Å². The van der Waals surface area contributed by atoms with E-state index in [1.165, 1.54) is 0 Å². The van der Waals surface area contributed by atoms with E-state index < -0.39 is 21.2 Å². The molecule has 0 aliphatic heterocycles. The Kier molecular flexibility index (Phi) is 3.95. The van der Waals surface area contributed by atoms with Crippen LogP contribution in [0, 0.1) is 3.57 Å². The lowest BCUT2D eigenvalue weighted by Gasteiger charge is -2.09. The maximum atomic E-state index is 11.8. The van der Waals surface area contributed by atoms with E-state index in [0.29, 0.717) is 0 Å². The third-order valence-electron chi connectivity index (χ3n) is 1.40. The largest absolute Gasteiger partial charge is 0.573 e. The summed E-state index contributed by atoms with van der Waals surface area (Å²) in [5.41, 5.74) is 0. The van der Waals surface area contributed by atoms with Gasteiger partial charge in [0.1, 0.15) is 5.75 Å². The zero-order chi connectivity index (χ0) is 12.6. The molecule has 0 amide bonds. The molecule has 0 fully saturated rings. The first-order valence-electron chi connectivity index (χ1n) is 3.59. The molecule has 90 valence electrons. The van der Waals surface area contributed by atoms with Crippen molar-refractivity contribution in [1.29, 1.82) is 0 Å². The van der Waals surface area contributed by atoms with Crippen LogP contribution >= 0.6 is 33.3 Å². The van der Waals surface area contributed by atoms with Gasteiger partial charge < -0.3 is 4.74 Å². The van der Waals surface area contributed by atoms with Crippen LogP contribution in [0.3, 0.4) is 0 Å². The van der Waals surface area contributed by atoms with Crippen LogP contribution in [0.1, 0.15) is 0 Å². The predicted molar refractivity (Wildman–Crippen MR) is 58.9 cm³/mol. The second kappa shape index (κ2) is 4.57. The number of alkyl halides is 3. The van der Waals surface area contributed by atoms with Crippen LogP contribution < -0.4 is 4.74 Å². The predicted octanol–water partition coefficient (Wildman–Crippen LogP) is 3.12. The van der Waals surface area contributed by atoms with Gasteiger partial charge in [0.15, 0.2) is 0 Å². The molecule has 0 aliphatic rings. The molecule has 1 aromatic rings. The van der Waals surface area contributed by atoms with Gasteiger partial charge in [-0.05, 0) is 40.8 Å². The second-order valence-corrected chi connectivity index (χ2v) is 6.27. The number of hydrogen-bond donors (Lipinski definition) is 0. The van der Waals surface area contributed by atoms with Crippen molar-refractivity contribution in [3.63, 3.8) is 0 Å². The smallest absolute Gasteiger partial charge is 0.406 e. The number of rotatable bonds is 2. The van der Waals surface area contributed by atoms with Crippen molar-refractivity contribution in [2.45, 2.75) is 11.3 Å². The summed E-state index contributed by atoms with van der Waals surface area (Å²) in [7, 11) is 1.09. The van der Waals surface area contributed by atoms with Crippen LogP contribution in [0.5, 0.6) is 5.75 Å². The Bertz CT molecular complexity index is 500. The van der Waals surface area contributed by atoms with E-state index in [-0.39, 0.29) is 8.47 Å². The van der Waals surface area contributed by atoms with Crippen molar-refractivity contribution in [3.8, 4) is 5.75 Å². The molecule has 0 aliphatic carbocycles. The average Bonchev–Trinajstić information content (AvgIpc) is 1.97. The van der Waals surface area contributed by atoms with Gasteiger partial charge in [0.25, 0.3) is 9.05 Å². The number of ether oxygens (including phenoxy) is 1. The summed E-state index contributed by atoms with van der Waals surface area (Å²) in [6.07, 6.45) is -4.82. The van der Waals surface area contributed by atoms with Crippen LogP contribution in [0.4, 0.5) is 13.2 Å². The summed E-state index contributed by atoms with van der Waals surface area (Å²) in [6.45, 7) is 0. The summed E-state index contributed by atoms with van der Waals surface area (Å²) in [4.78, 5) is -0.260. The van der Waals surface area contributed by atoms with Crippen LogP contribution in [0.2, 0.25) is 0 Å². The molecule has 0 radical (unpaired) electrons. The van der Waals surface area contributed by atoms with Gasteiger partial charge >= 0.3 is 6.36 Å². The van der Waals surface area contributed by atoms with E-state index in [9.17, 15) is 21.6 Å². The van der Waals surface area contributed by atoms with Crippen LogP contribution in [-0.2, 0) is 9.05 Å².